The summed E-state index contributed by atoms with van der Waals surface area (Å²) in [4.78, 5) is 13.8. The first-order valence-corrected chi connectivity index (χ1v) is 7.44. The van der Waals surface area contributed by atoms with E-state index in [0.717, 1.165) is 11.3 Å². The third-order valence-corrected chi connectivity index (χ3v) is 3.30. The van der Waals surface area contributed by atoms with Gasteiger partial charge in [-0.05, 0) is 24.7 Å². The number of likely N-dealkylation sites (N-methyl/N-ethyl adjacent to an activating group) is 1. The zero-order valence-electron chi connectivity index (χ0n) is 13.9. The van der Waals surface area contributed by atoms with Gasteiger partial charge in [0.2, 0.25) is 11.8 Å². The number of carbonyl (C=O) groups excluding carboxylic acids is 1. The largest absolute Gasteiger partial charge is 0.338 e. The number of anilines is 1. The van der Waals surface area contributed by atoms with Crippen molar-refractivity contribution in [3.63, 3.8) is 0 Å². The summed E-state index contributed by atoms with van der Waals surface area (Å²) in [6, 6.07) is 8.06. The van der Waals surface area contributed by atoms with Gasteiger partial charge in [0.25, 0.3) is 0 Å². The second-order valence-electron chi connectivity index (χ2n) is 6.68. The van der Waals surface area contributed by atoms with Crippen LogP contribution in [0.4, 0.5) is 10.3 Å². The molecule has 0 aliphatic heterocycles. The summed E-state index contributed by atoms with van der Waals surface area (Å²) in [5.74, 6) is -0.156. The van der Waals surface area contributed by atoms with E-state index in [1.54, 1.807) is 24.1 Å². The Bertz CT molecular complexity index is 676. The average molecular weight is 319 g/mol. The molecule has 0 radical (unpaired) electrons. The molecule has 5 nitrogen and oxygen atoms in total. The first-order valence-electron chi connectivity index (χ1n) is 7.44. The topological polar surface area (TPSA) is 58.4 Å². The number of rotatable bonds is 5. The lowest BCUT2D eigenvalue weighted by molar-refractivity contribution is -0.117. The minimum atomic E-state index is -0.281. The Morgan fingerprint density at radius 2 is 2.09 bits per heavy atom. The van der Waals surface area contributed by atoms with Gasteiger partial charge in [-0.25, -0.2) is 4.39 Å². The van der Waals surface area contributed by atoms with Gasteiger partial charge >= 0.3 is 0 Å². The van der Waals surface area contributed by atoms with Gasteiger partial charge in [-0.3, -0.25) is 15.0 Å². The third-order valence-electron chi connectivity index (χ3n) is 3.30. The van der Waals surface area contributed by atoms with Gasteiger partial charge in [0.05, 0.1) is 12.2 Å². The van der Waals surface area contributed by atoms with E-state index < -0.39 is 0 Å². The summed E-state index contributed by atoms with van der Waals surface area (Å²) in [6.07, 6.45) is 0. The fraction of sp³-hybridized carbons (Fsp3) is 0.412. The summed E-state index contributed by atoms with van der Waals surface area (Å²) < 4.78 is 18.3. The number of halogens is 1. The Hall–Kier alpha value is -2.21. The summed E-state index contributed by atoms with van der Waals surface area (Å²) in [5, 5.41) is 6.63. The molecule has 0 spiro atoms. The van der Waals surface area contributed by atoms with E-state index >= 15 is 0 Å². The smallest absolute Gasteiger partial charge is 0.240 e. The predicted octanol–water partition coefficient (Wildman–Crippen LogP) is 3.18. The van der Waals surface area contributed by atoms with Crippen LogP contribution in [0.25, 0.3) is 0 Å². The number of hydrogen-bond acceptors (Lipinski definition) is 4. The molecular formula is C17H22FN3O2. The Balaban J connectivity index is 1.88. The summed E-state index contributed by atoms with van der Waals surface area (Å²) >= 11 is 0. The minimum absolute atomic E-state index is 0.138. The van der Waals surface area contributed by atoms with Crippen molar-refractivity contribution < 1.29 is 13.7 Å². The Morgan fingerprint density at radius 3 is 2.70 bits per heavy atom. The van der Waals surface area contributed by atoms with Crippen molar-refractivity contribution in [2.24, 2.45) is 0 Å². The lowest BCUT2D eigenvalue weighted by atomic mass is 9.92. The predicted molar refractivity (Wildman–Crippen MR) is 86.6 cm³/mol. The molecule has 0 unspecified atom stereocenters. The van der Waals surface area contributed by atoms with Crippen LogP contribution in [-0.4, -0.2) is 29.6 Å². The van der Waals surface area contributed by atoms with Gasteiger partial charge < -0.3 is 4.52 Å². The lowest BCUT2D eigenvalue weighted by Gasteiger charge is -2.15. The molecule has 0 aliphatic rings. The van der Waals surface area contributed by atoms with Crippen LogP contribution >= 0.6 is 0 Å². The van der Waals surface area contributed by atoms with Crippen LogP contribution in [-0.2, 0) is 16.8 Å². The molecule has 2 rings (SSSR count). The molecule has 6 heteroatoms. The van der Waals surface area contributed by atoms with E-state index in [2.05, 4.69) is 10.5 Å². The number of aromatic nitrogens is 1. The van der Waals surface area contributed by atoms with Crippen LogP contribution < -0.4 is 5.32 Å². The van der Waals surface area contributed by atoms with Crippen molar-refractivity contribution in [2.75, 3.05) is 18.9 Å². The quantitative estimate of drug-likeness (QED) is 0.919. The number of nitrogens with one attached hydrogen (secondary N) is 1. The molecule has 124 valence electrons. The summed E-state index contributed by atoms with van der Waals surface area (Å²) in [7, 11) is 1.80. The fourth-order valence-electron chi connectivity index (χ4n) is 2.11. The lowest BCUT2D eigenvalue weighted by Crippen LogP contribution is -2.29. The Labute approximate surface area is 135 Å². The van der Waals surface area contributed by atoms with Crippen molar-refractivity contribution >= 4 is 11.8 Å². The van der Waals surface area contributed by atoms with E-state index in [0.29, 0.717) is 12.4 Å². The highest BCUT2D eigenvalue weighted by Crippen LogP contribution is 2.23. The van der Waals surface area contributed by atoms with Gasteiger partial charge in [-0.1, -0.05) is 38.1 Å². The number of carbonyl (C=O) groups is 1. The third kappa shape index (κ3) is 5.17. The molecule has 1 amide bonds. The molecule has 1 aromatic carbocycles. The standard InChI is InChI=1S/C17H22FN3O2/c1-17(2,3)14-9-16(23-20-14)19-15(22)11-21(4)10-12-6-5-7-13(18)8-12/h5-9H,10-11H2,1-4H3,(H,19,22). The monoisotopic (exact) mass is 319 g/mol. The maximum Gasteiger partial charge on any atom is 0.240 e. The van der Waals surface area contributed by atoms with Crippen LogP contribution in [0, 0.1) is 5.82 Å². The molecule has 1 heterocycles. The van der Waals surface area contributed by atoms with Crippen molar-refractivity contribution in [1.29, 1.82) is 0 Å². The van der Waals surface area contributed by atoms with E-state index in [9.17, 15) is 9.18 Å². The fourth-order valence-corrected chi connectivity index (χ4v) is 2.11. The van der Waals surface area contributed by atoms with Crippen LogP contribution in [0.1, 0.15) is 32.0 Å². The first-order chi connectivity index (χ1) is 10.7. The minimum Gasteiger partial charge on any atom is -0.338 e. The van der Waals surface area contributed by atoms with Crippen LogP contribution in [0.2, 0.25) is 0 Å². The molecule has 1 aromatic heterocycles. The zero-order chi connectivity index (χ0) is 17.0. The van der Waals surface area contributed by atoms with Gasteiger partial charge in [0, 0.05) is 18.0 Å². The second kappa shape index (κ2) is 6.91. The van der Waals surface area contributed by atoms with Crippen molar-refractivity contribution in [3.05, 3.63) is 47.4 Å². The van der Waals surface area contributed by atoms with E-state index in [1.165, 1.54) is 12.1 Å². The molecular weight excluding hydrogens is 297 g/mol. The number of nitrogens with zero attached hydrogens (tertiary/aromatic N) is 2. The van der Waals surface area contributed by atoms with E-state index in [4.69, 9.17) is 4.52 Å². The molecule has 0 fully saturated rings. The van der Waals surface area contributed by atoms with Crippen LogP contribution in [0.15, 0.2) is 34.9 Å². The molecule has 0 saturated heterocycles. The number of benzene rings is 1. The molecule has 0 aliphatic carbocycles. The average Bonchev–Trinajstić information content (AvgIpc) is 2.86. The highest BCUT2D eigenvalue weighted by molar-refractivity contribution is 5.90. The van der Waals surface area contributed by atoms with Crippen LogP contribution in [0.5, 0.6) is 0 Å². The number of hydrogen-bond donors (Lipinski definition) is 1. The maximum absolute atomic E-state index is 13.1. The summed E-state index contributed by atoms with van der Waals surface area (Å²) in [6.45, 7) is 6.70. The molecule has 0 saturated carbocycles. The normalized spacial score (nSPS) is 11.7. The Kier molecular flexibility index (Phi) is 5.15. The highest BCUT2D eigenvalue weighted by Gasteiger charge is 2.19. The van der Waals surface area contributed by atoms with Gasteiger partial charge in [-0.15, -0.1) is 0 Å². The van der Waals surface area contributed by atoms with Gasteiger partial charge in [-0.2, -0.15) is 0 Å². The highest BCUT2D eigenvalue weighted by atomic mass is 19.1. The van der Waals surface area contributed by atoms with Gasteiger partial charge in [0.1, 0.15) is 5.82 Å². The molecule has 2 aromatic rings. The SMILES string of the molecule is CN(CC(=O)Nc1cc(C(C)(C)C)no1)Cc1cccc(F)c1. The Morgan fingerprint density at radius 1 is 1.35 bits per heavy atom. The molecule has 1 N–H and O–H groups in total. The van der Waals surface area contributed by atoms with Crippen molar-refractivity contribution in [1.82, 2.24) is 10.1 Å². The van der Waals surface area contributed by atoms with Crippen molar-refractivity contribution in [3.8, 4) is 0 Å². The number of amides is 1. The van der Waals surface area contributed by atoms with E-state index in [1.807, 2.05) is 26.8 Å². The zero-order valence-corrected chi connectivity index (χ0v) is 13.9. The maximum atomic E-state index is 13.1. The van der Waals surface area contributed by atoms with Crippen LogP contribution in [0.3, 0.4) is 0 Å². The first kappa shape index (κ1) is 17.1. The summed E-state index contributed by atoms with van der Waals surface area (Å²) in [5.41, 5.74) is 1.46. The molecule has 23 heavy (non-hydrogen) atoms. The van der Waals surface area contributed by atoms with E-state index in [-0.39, 0.29) is 23.7 Å². The molecule has 0 bridgehead atoms. The second-order valence-corrected chi connectivity index (χ2v) is 6.68. The van der Waals surface area contributed by atoms with Gasteiger partial charge in [0.15, 0.2) is 0 Å². The van der Waals surface area contributed by atoms with Crippen molar-refractivity contribution in [2.45, 2.75) is 32.7 Å². The molecule has 0 atom stereocenters.